The molecule has 1 amide bonds. The van der Waals surface area contributed by atoms with Gasteiger partial charge in [-0.2, -0.15) is 0 Å². The van der Waals surface area contributed by atoms with Crippen molar-refractivity contribution < 1.29 is 14.7 Å². The van der Waals surface area contributed by atoms with Crippen LogP contribution >= 0.6 is 0 Å². The molecule has 0 aromatic rings. The quantitative estimate of drug-likeness (QED) is 0.277. The molecule has 0 aliphatic carbocycles. The fourth-order valence-electron chi connectivity index (χ4n) is 2.93. The molecule has 0 aliphatic rings. The molecular weight excluding hydrogens is 302 g/mol. The highest BCUT2D eigenvalue weighted by molar-refractivity contribution is 5.97. The topological polar surface area (TPSA) is 80.4 Å². The Kier molecular flexibility index (Phi) is 15.6. The van der Waals surface area contributed by atoms with Crippen molar-refractivity contribution in [3.05, 3.63) is 11.6 Å². The monoisotopic (exact) mass is 339 g/mol. The summed E-state index contributed by atoms with van der Waals surface area (Å²) in [4.78, 5) is 21.7. The van der Waals surface area contributed by atoms with E-state index in [2.05, 4.69) is 6.92 Å². The highest BCUT2D eigenvalue weighted by Crippen LogP contribution is 2.14. The molecule has 0 saturated carbocycles. The summed E-state index contributed by atoms with van der Waals surface area (Å²) >= 11 is 0. The van der Waals surface area contributed by atoms with Gasteiger partial charge in [0.15, 0.2) is 0 Å². The van der Waals surface area contributed by atoms with Crippen molar-refractivity contribution >= 4 is 11.9 Å². The summed E-state index contributed by atoms with van der Waals surface area (Å²) in [7, 11) is 0. The lowest BCUT2D eigenvalue weighted by atomic mass is 10.0. The van der Waals surface area contributed by atoms with Gasteiger partial charge in [0.1, 0.15) is 0 Å². The number of primary amides is 1. The van der Waals surface area contributed by atoms with Gasteiger partial charge in [0.2, 0.25) is 5.91 Å². The summed E-state index contributed by atoms with van der Waals surface area (Å²) in [6.07, 6.45) is 19.2. The van der Waals surface area contributed by atoms with E-state index in [4.69, 9.17) is 10.8 Å². The maximum atomic E-state index is 11.1. The predicted molar refractivity (Wildman–Crippen MR) is 99.8 cm³/mol. The van der Waals surface area contributed by atoms with Gasteiger partial charge in [-0.25, -0.2) is 4.79 Å². The summed E-state index contributed by atoms with van der Waals surface area (Å²) in [5.74, 6) is -1.72. The van der Waals surface area contributed by atoms with Crippen molar-refractivity contribution in [2.45, 2.75) is 103 Å². The maximum Gasteiger partial charge on any atom is 0.328 e. The van der Waals surface area contributed by atoms with Crippen molar-refractivity contribution in [3.63, 3.8) is 0 Å². The Bertz CT molecular complexity index is 364. The zero-order valence-corrected chi connectivity index (χ0v) is 15.5. The first-order valence-corrected chi connectivity index (χ1v) is 9.81. The highest BCUT2D eigenvalue weighted by Gasteiger charge is 2.06. The Hall–Kier alpha value is -1.32. The lowest BCUT2D eigenvalue weighted by molar-refractivity contribution is -0.131. The Morgan fingerprint density at radius 1 is 0.750 bits per heavy atom. The number of hydrogen-bond donors (Lipinski definition) is 2. The standard InChI is InChI=1S/C20H37NO3/c1-2-3-4-5-6-7-8-9-10-11-12-13-14-15-16-18(20(21)24)17-19(22)23/h17H,2-16H2,1H3,(H2,21,24)(H,22,23)/b18-17-. The van der Waals surface area contributed by atoms with Crippen molar-refractivity contribution in [2.75, 3.05) is 0 Å². The third-order valence-electron chi connectivity index (χ3n) is 4.41. The van der Waals surface area contributed by atoms with Crippen LogP contribution in [-0.4, -0.2) is 17.0 Å². The van der Waals surface area contributed by atoms with E-state index in [0.29, 0.717) is 6.42 Å². The Balaban J connectivity index is 3.36. The fourth-order valence-corrected chi connectivity index (χ4v) is 2.93. The molecule has 0 unspecified atom stereocenters. The smallest absolute Gasteiger partial charge is 0.328 e. The average molecular weight is 340 g/mol. The van der Waals surface area contributed by atoms with Gasteiger partial charge in [0, 0.05) is 11.6 Å². The first-order valence-electron chi connectivity index (χ1n) is 9.81. The highest BCUT2D eigenvalue weighted by atomic mass is 16.4. The zero-order chi connectivity index (χ0) is 18.0. The number of unbranched alkanes of at least 4 members (excludes halogenated alkanes) is 13. The summed E-state index contributed by atoms with van der Waals surface area (Å²) in [5.41, 5.74) is 5.39. The molecule has 4 nitrogen and oxygen atoms in total. The molecule has 0 rings (SSSR count). The van der Waals surface area contributed by atoms with E-state index in [1.54, 1.807) is 0 Å². The maximum absolute atomic E-state index is 11.1. The second-order valence-electron chi connectivity index (χ2n) is 6.72. The Labute approximate surface area is 147 Å². The minimum atomic E-state index is -1.10. The molecule has 24 heavy (non-hydrogen) atoms. The fraction of sp³-hybridized carbons (Fsp3) is 0.800. The van der Waals surface area contributed by atoms with Crippen molar-refractivity contribution in [1.29, 1.82) is 0 Å². The number of hydrogen-bond acceptors (Lipinski definition) is 2. The van der Waals surface area contributed by atoms with Gasteiger partial charge >= 0.3 is 5.97 Å². The Morgan fingerprint density at radius 3 is 1.46 bits per heavy atom. The lowest BCUT2D eigenvalue weighted by Gasteiger charge is -2.04. The van der Waals surface area contributed by atoms with Crippen LogP contribution in [0.4, 0.5) is 0 Å². The van der Waals surface area contributed by atoms with Crippen LogP contribution in [0.2, 0.25) is 0 Å². The van der Waals surface area contributed by atoms with E-state index < -0.39 is 11.9 Å². The van der Waals surface area contributed by atoms with Crippen LogP contribution in [0.5, 0.6) is 0 Å². The molecule has 0 aliphatic heterocycles. The second-order valence-corrected chi connectivity index (χ2v) is 6.72. The molecule has 0 aromatic heterocycles. The first-order chi connectivity index (χ1) is 11.6. The van der Waals surface area contributed by atoms with E-state index in [0.717, 1.165) is 25.3 Å². The van der Waals surface area contributed by atoms with E-state index in [-0.39, 0.29) is 5.57 Å². The molecule has 0 bridgehead atoms. The summed E-state index contributed by atoms with van der Waals surface area (Å²) in [5, 5.41) is 8.66. The number of nitrogens with two attached hydrogens (primary N) is 1. The number of carbonyl (C=O) groups excluding carboxylic acids is 1. The molecule has 4 heteroatoms. The first kappa shape index (κ1) is 22.7. The molecule has 0 heterocycles. The number of aliphatic carboxylic acids is 1. The van der Waals surface area contributed by atoms with E-state index in [1.165, 1.54) is 70.6 Å². The number of carbonyl (C=O) groups is 2. The molecule has 0 atom stereocenters. The number of carboxylic acids is 1. The van der Waals surface area contributed by atoms with Crippen LogP contribution in [0.25, 0.3) is 0 Å². The number of rotatable bonds is 17. The summed E-state index contributed by atoms with van der Waals surface area (Å²) < 4.78 is 0. The van der Waals surface area contributed by atoms with E-state index >= 15 is 0 Å². The minimum absolute atomic E-state index is 0.224. The Morgan fingerprint density at radius 2 is 1.12 bits per heavy atom. The molecule has 0 saturated heterocycles. The molecule has 3 N–H and O–H groups in total. The van der Waals surface area contributed by atoms with Crippen LogP contribution in [0.15, 0.2) is 11.6 Å². The van der Waals surface area contributed by atoms with Gasteiger partial charge in [-0.15, -0.1) is 0 Å². The zero-order valence-electron chi connectivity index (χ0n) is 15.5. The SMILES string of the molecule is CCCCCCCCCCCCCCCC/C(=C/C(=O)O)C(N)=O. The van der Waals surface area contributed by atoms with Crippen molar-refractivity contribution in [1.82, 2.24) is 0 Å². The molecule has 140 valence electrons. The molecule has 0 fully saturated rings. The largest absolute Gasteiger partial charge is 0.478 e. The van der Waals surface area contributed by atoms with Crippen molar-refractivity contribution in [3.8, 4) is 0 Å². The van der Waals surface area contributed by atoms with Gasteiger partial charge in [-0.05, 0) is 12.8 Å². The normalized spacial score (nSPS) is 11.6. The summed E-state index contributed by atoms with van der Waals surface area (Å²) in [6, 6.07) is 0. The van der Waals surface area contributed by atoms with E-state index in [9.17, 15) is 9.59 Å². The van der Waals surface area contributed by atoms with Gasteiger partial charge in [0.25, 0.3) is 0 Å². The van der Waals surface area contributed by atoms with Crippen LogP contribution in [-0.2, 0) is 9.59 Å². The van der Waals surface area contributed by atoms with Gasteiger partial charge in [-0.1, -0.05) is 90.4 Å². The minimum Gasteiger partial charge on any atom is -0.478 e. The van der Waals surface area contributed by atoms with Crippen molar-refractivity contribution in [2.24, 2.45) is 5.73 Å². The summed E-state index contributed by atoms with van der Waals surface area (Å²) in [6.45, 7) is 2.25. The van der Waals surface area contributed by atoms with Crippen LogP contribution < -0.4 is 5.73 Å². The third kappa shape index (κ3) is 15.6. The second kappa shape index (κ2) is 16.5. The van der Waals surface area contributed by atoms with E-state index in [1.807, 2.05) is 0 Å². The van der Waals surface area contributed by atoms with Gasteiger partial charge < -0.3 is 10.8 Å². The van der Waals surface area contributed by atoms with Crippen LogP contribution in [0.1, 0.15) is 103 Å². The molecular formula is C20H37NO3. The van der Waals surface area contributed by atoms with Crippen LogP contribution in [0, 0.1) is 0 Å². The molecule has 0 spiro atoms. The number of amides is 1. The van der Waals surface area contributed by atoms with Gasteiger partial charge in [0.05, 0.1) is 0 Å². The average Bonchev–Trinajstić information content (AvgIpc) is 2.53. The molecule has 0 aromatic carbocycles. The predicted octanol–water partition coefficient (Wildman–Crippen LogP) is 5.35. The number of carboxylic acid groups (broad SMARTS) is 1. The third-order valence-corrected chi connectivity index (χ3v) is 4.41. The van der Waals surface area contributed by atoms with Gasteiger partial charge in [-0.3, -0.25) is 4.79 Å². The molecule has 0 radical (unpaired) electrons. The van der Waals surface area contributed by atoms with Crippen LogP contribution in [0.3, 0.4) is 0 Å². The lowest BCUT2D eigenvalue weighted by Crippen LogP contribution is -2.15.